The Morgan fingerprint density at radius 2 is 1.73 bits per heavy atom. The monoisotopic (exact) mass is 360 g/mol. The maximum Gasteiger partial charge on any atom is 0.329 e. The number of imidazole rings is 1. The Labute approximate surface area is 148 Å². The molecule has 7 heteroatoms. The van der Waals surface area contributed by atoms with Crippen LogP contribution in [0.4, 0.5) is 8.78 Å². The van der Waals surface area contributed by atoms with E-state index >= 15 is 0 Å². The van der Waals surface area contributed by atoms with Crippen LogP contribution in [0.25, 0.3) is 11.0 Å². The summed E-state index contributed by atoms with van der Waals surface area (Å²) in [5.41, 5.74) is 1.31. The van der Waals surface area contributed by atoms with Crippen LogP contribution >= 0.6 is 0 Å². The Morgan fingerprint density at radius 1 is 1.04 bits per heavy atom. The standard InChI is InChI=1S/C19H18F2N2O3/c1-2-22-15-8-3-4-9-16(15)23(19(22)25)11-10-17(24)26-12-13-6-5-7-14(20)18(13)21/h3-9H,2,10-12H2,1H3. The average molecular weight is 360 g/mol. The minimum absolute atomic E-state index is 0.0295. The molecule has 0 saturated carbocycles. The lowest BCUT2D eigenvalue weighted by Crippen LogP contribution is -2.25. The lowest BCUT2D eigenvalue weighted by atomic mass is 10.2. The number of ether oxygens (including phenoxy) is 1. The van der Waals surface area contributed by atoms with Gasteiger partial charge in [-0.1, -0.05) is 24.3 Å². The molecule has 26 heavy (non-hydrogen) atoms. The van der Waals surface area contributed by atoms with Crippen molar-refractivity contribution >= 4 is 17.0 Å². The highest BCUT2D eigenvalue weighted by molar-refractivity contribution is 5.76. The molecule has 0 atom stereocenters. The number of aryl methyl sites for hydroxylation is 2. The summed E-state index contributed by atoms with van der Waals surface area (Å²) in [6.45, 7) is 2.19. The van der Waals surface area contributed by atoms with Crippen LogP contribution in [0.1, 0.15) is 18.9 Å². The summed E-state index contributed by atoms with van der Waals surface area (Å²) in [5.74, 6) is -2.60. The SMILES string of the molecule is CCn1c(=O)n(CCC(=O)OCc2cccc(F)c2F)c2ccccc21. The molecule has 2 aromatic carbocycles. The van der Waals surface area contributed by atoms with Crippen molar-refractivity contribution in [2.24, 2.45) is 0 Å². The molecule has 5 nitrogen and oxygen atoms in total. The largest absolute Gasteiger partial charge is 0.461 e. The number of carbonyl (C=O) groups excluding carboxylic acids is 1. The highest BCUT2D eigenvalue weighted by Crippen LogP contribution is 2.14. The highest BCUT2D eigenvalue weighted by atomic mass is 19.2. The van der Waals surface area contributed by atoms with Gasteiger partial charge in [0.05, 0.1) is 17.5 Å². The number of para-hydroxylation sites is 2. The van der Waals surface area contributed by atoms with Gasteiger partial charge in [-0.05, 0) is 25.1 Å². The molecular formula is C19H18F2N2O3. The number of carbonyl (C=O) groups is 1. The van der Waals surface area contributed by atoms with Crippen molar-refractivity contribution in [2.75, 3.05) is 0 Å². The van der Waals surface area contributed by atoms with Crippen molar-refractivity contribution in [2.45, 2.75) is 33.0 Å². The van der Waals surface area contributed by atoms with Gasteiger partial charge in [0.25, 0.3) is 0 Å². The van der Waals surface area contributed by atoms with Crippen LogP contribution in [0, 0.1) is 11.6 Å². The number of hydrogen-bond acceptors (Lipinski definition) is 3. The van der Waals surface area contributed by atoms with Crippen LogP contribution < -0.4 is 5.69 Å². The van der Waals surface area contributed by atoms with E-state index in [-0.39, 0.29) is 30.8 Å². The average Bonchev–Trinajstić information content (AvgIpc) is 2.92. The molecule has 0 radical (unpaired) electrons. The van der Waals surface area contributed by atoms with Gasteiger partial charge in [-0.2, -0.15) is 0 Å². The van der Waals surface area contributed by atoms with Gasteiger partial charge in [0.1, 0.15) is 6.61 Å². The normalized spacial score (nSPS) is 11.0. The first-order chi connectivity index (χ1) is 12.5. The molecule has 3 rings (SSSR count). The molecule has 0 aliphatic carbocycles. The second-order valence-electron chi connectivity index (χ2n) is 5.79. The summed E-state index contributed by atoms with van der Waals surface area (Å²) in [7, 11) is 0. The fourth-order valence-corrected chi connectivity index (χ4v) is 2.89. The third kappa shape index (κ3) is 3.37. The number of rotatable bonds is 6. The number of halogens is 2. The van der Waals surface area contributed by atoms with E-state index in [2.05, 4.69) is 0 Å². The van der Waals surface area contributed by atoms with Gasteiger partial charge in [-0.25, -0.2) is 13.6 Å². The summed E-state index contributed by atoms with van der Waals surface area (Å²) in [6.07, 6.45) is -0.0471. The van der Waals surface area contributed by atoms with Crippen LogP contribution in [0.2, 0.25) is 0 Å². The molecule has 0 amide bonds. The minimum atomic E-state index is -1.03. The van der Waals surface area contributed by atoms with Crippen LogP contribution in [0.15, 0.2) is 47.3 Å². The maximum absolute atomic E-state index is 13.6. The van der Waals surface area contributed by atoms with E-state index in [0.717, 1.165) is 17.1 Å². The van der Waals surface area contributed by atoms with Gasteiger partial charge < -0.3 is 4.74 Å². The summed E-state index contributed by atoms with van der Waals surface area (Å²) in [4.78, 5) is 24.4. The molecule has 0 saturated heterocycles. The molecule has 0 fully saturated rings. The Bertz CT molecular complexity index is 1010. The van der Waals surface area contributed by atoms with Crippen molar-refractivity contribution in [3.63, 3.8) is 0 Å². The molecule has 0 unspecified atom stereocenters. The second kappa shape index (κ2) is 7.51. The van der Waals surface area contributed by atoms with E-state index in [4.69, 9.17) is 4.74 Å². The zero-order chi connectivity index (χ0) is 18.7. The molecular weight excluding hydrogens is 342 g/mol. The second-order valence-corrected chi connectivity index (χ2v) is 5.79. The topological polar surface area (TPSA) is 53.2 Å². The molecule has 3 aromatic rings. The van der Waals surface area contributed by atoms with Gasteiger partial charge >= 0.3 is 11.7 Å². The number of aromatic nitrogens is 2. The third-order valence-electron chi connectivity index (χ3n) is 4.20. The fourth-order valence-electron chi connectivity index (χ4n) is 2.89. The van der Waals surface area contributed by atoms with Gasteiger partial charge in [0.2, 0.25) is 0 Å². The number of nitrogens with zero attached hydrogens (tertiary/aromatic N) is 2. The van der Waals surface area contributed by atoms with Crippen molar-refractivity contribution in [1.82, 2.24) is 9.13 Å². The van der Waals surface area contributed by atoms with E-state index in [9.17, 15) is 18.4 Å². The van der Waals surface area contributed by atoms with E-state index in [0.29, 0.717) is 6.54 Å². The molecule has 0 N–H and O–H groups in total. The van der Waals surface area contributed by atoms with Gasteiger partial charge in [-0.15, -0.1) is 0 Å². The number of benzene rings is 2. The maximum atomic E-state index is 13.6. The van der Waals surface area contributed by atoms with Crippen LogP contribution in [-0.4, -0.2) is 15.1 Å². The smallest absolute Gasteiger partial charge is 0.329 e. The fraction of sp³-hybridized carbons (Fsp3) is 0.263. The minimum Gasteiger partial charge on any atom is -0.461 e. The summed E-state index contributed by atoms with van der Waals surface area (Å²) >= 11 is 0. The molecule has 0 aliphatic rings. The summed E-state index contributed by atoms with van der Waals surface area (Å²) < 4.78 is 34.9. The van der Waals surface area contributed by atoms with Crippen molar-refractivity contribution < 1.29 is 18.3 Å². The van der Waals surface area contributed by atoms with Crippen LogP contribution in [-0.2, 0) is 29.2 Å². The van der Waals surface area contributed by atoms with Crippen molar-refractivity contribution in [3.8, 4) is 0 Å². The zero-order valence-corrected chi connectivity index (χ0v) is 14.2. The van der Waals surface area contributed by atoms with Gasteiger partial charge in [0.15, 0.2) is 11.6 Å². The first-order valence-corrected chi connectivity index (χ1v) is 8.29. The molecule has 1 heterocycles. The van der Waals surface area contributed by atoms with E-state index in [1.807, 2.05) is 31.2 Å². The molecule has 1 aromatic heterocycles. The predicted molar refractivity (Wildman–Crippen MR) is 92.6 cm³/mol. The summed E-state index contributed by atoms with van der Waals surface area (Å²) in [6, 6.07) is 11.0. The van der Waals surface area contributed by atoms with E-state index < -0.39 is 17.6 Å². The summed E-state index contributed by atoms with van der Waals surface area (Å²) in [5, 5.41) is 0. The van der Waals surface area contributed by atoms with Crippen LogP contribution in [0.3, 0.4) is 0 Å². The zero-order valence-electron chi connectivity index (χ0n) is 14.2. The first-order valence-electron chi connectivity index (χ1n) is 8.29. The molecule has 0 bridgehead atoms. The highest BCUT2D eigenvalue weighted by Gasteiger charge is 2.14. The van der Waals surface area contributed by atoms with Gasteiger partial charge in [0, 0.05) is 18.7 Å². The van der Waals surface area contributed by atoms with Crippen molar-refractivity contribution in [3.05, 3.63) is 70.1 Å². The Morgan fingerprint density at radius 3 is 2.42 bits per heavy atom. The third-order valence-corrected chi connectivity index (χ3v) is 4.20. The van der Waals surface area contributed by atoms with Gasteiger partial charge in [-0.3, -0.25) is 13.9 Å². The molecule has 0 spiro atoms. The Kier molecular flexibility index (Phi) is 5.16. The number of fused-ring (bicyclic) bond motifs is 1. The van der Waals surface area contributed by atoms with E-state index in [1.165, 1.54) is 16.7 Å². The van der Waals surface area contributed by atoms with Crippen molar-refractivity contribution in [1.29, 1.82) is 0 Å². The first kappa shape index (κ1) is 17.8. The predicted octanol–water partition coefficient (Wildman–Crippen LogP) is 3.23. The quantitative estimate of drug-likeness (QED) is 0.634. The molecule has 0 aliphatic heterocycles. The Balaban J connectivity index is 1.69. The van der Waals surface area contributed by atoms with E-state index in [1.54, 1.807) is 4.57 Å². The lowest BCUT2D eigenvalue weighted by molar-refractivity contribution is -0.145. The van der Waals surface area contributed by atoms with Crippen LogP contribution in [0.5, 0.6) is 0 Å². The molecule has 136 valence electrons. The Hall–Kier alpha value is -2.96. The number of esters is 1. The lowest BCUT2D eigenvalue weighted by Gasteiger charge is -2.07. The number of hydrogen-bond donors (Lipinski definition) is 0.